The van der Waals surface area contributed by atoms with Crippen LogP contribution >= 0.6 is 0 Å². The molecule has 1 aliphatic heterocycles. The highest BCUT2D eigenvalue weighted by molar-refractivity contribution is 5.26. The van der Waals surface area contributed by atoms with Crippen molar-refractivity contribution in [2.75, 3.05) is 27.1 Å². The van der Waals surface area contributed by atoms with Gasteiger partial charge in [0.05, 0.1) is 26.4 Å². The Balaban J connectivity index is 1.47. The van der Waals surface area contributed by atoms with Gasteiger partial charge in [0.15, 0.2) is 0 Å². The number of nitrogens with zero attached hydrogens (tertiary/aromatic N) is 1. The second kappa shape index (κ2) is 7.68. The van der Waals surface area contributed by atoms with Crippen molar-refractivity contribution in [2.24, 2.45) is 22.7 Å². The topological polar surface area (TPSA) is 49.8 Å². The van der Waals surface area contributed by atoms with Gasteiger partial charge in [-0.25, -0.2) is 4.98 Å². The fourth-order valence-electron chi connectivity index (χ4n) is 6.25. The second-order valence-electron chi connectivity index (χ2n) is 9.15. The Kier molecular flexibility index (Phi) is 5.41. The van der Waals surface area contributed by atoms with Crippen LogP contribution in [0.15, 0.2) is 30.5 Å². The maximum atomic E-state index is 6.05. The van der Waals surface area contributed by atoms with Gasteiger partial charge < -0.3 is 18.9 Å². The van der Waals surface area contributed by atoms with E-state index in [1.54, 1.807) is 13.3 Å². The van der Waals surface area contributed by atoms with Gasteiger partial charge in [-0.1, -0.05) is 26.0 Å². The number of hydrogen-bond acceptors (Lipinski definition) is 5. The van der Waals surface area contributed by atoms with Crippen molar-refractivity contribution in [1.82, 2.24) is 4.98 Å². The van der Waals surface area contributed by atoms with Gasteiger partial charge >= 0.3 is 0 Å². The number of aromatic nitrogens is 1. The summed E-state index contributed by atoms with van der Waals surface area (Å²) in [4.78, 5) is 4.14. The lowest BCUT2D eigenvalue weighted by Crippen LogP contribution is -2.60. The Hall–Kier alpha value is -1.59. The summed E-state index contributed by atoms with van der Waals surface area (Å²) in [5.41, 5.74) is 1.71. The average Bonchev–Trinajstić information content (AvgIpc) is 2.69. The van der Waals surface area contributed by atoms with Gasteiger partial charge in [-0.05, 0) is 55.4 Å². The normalized spacial score (nSPS) is 37.7. The van der Waals surface area contributed by atoms with Crippen LogP contribution in [0.4, 0.5) is 0 Å². The van der Waals surface area contributed by atoms with Gasteiger partial charge in [-0.15, -0.1) is 0 Å². The van der Waals surface area contributed by atoms with E-state index in [4.69, 9.17) is 18.9 Å². The molecule has 1 saturated heterocycles. The summed E-state index contributed by atoms with van der Waals surface area (Å²) >= 11 is 0. The highest BCUT2D eigenvalue weighted by atomic mass is 16.7. The number of ether oxygens (including phenoxy) is 4. The summed E-state index contributed by atoms with van der Waals surface area (Å²) in [5.74, 6) is 2.44. The molecule has 0 bridgehead atoms. The zero-order valence-electron chi connectivity index (χ0n) is 17.4. The Labute approximate surface area is 168 Å². The van der Waals surface area contributed by atoms with Crippen LogP contribution < -0.4 is 9.47 Å². The molecule has 4 unspecified atom stereocenters. The van der Waals surface area contributed by atoms with Crippen molar-refractivity contribution in [1.29, 1.82) is 0 Å². The number of hydrogen-bond donors (Lipinski definition) is 0. The molecule has 2 aliphatic carbocycles. The summed E-state index contributed by atoms with van der Waals surface area (Å²) in [6.45, 7) is 11.2. The van der Waals surface area contributed by atoms with E-state index >= 15 is 0 Å². The van der Waals surface area contributed by atoms with Crippen LogP contribution in [0.1, 0.15) is 46.0 Å². The Morgan fingerprint density at radius 1 is 1.29 bits per heavy atom. The average molecular weight is 388 g/mol. The molecule has 0 spiro atoms. The summed E-state index contributed by atoms with van der Waals surface area (Å²) in [6.07, 6.45) is 7.61. The van der Waals surface area contributed by atoms with Crippen LogP contribution in [0.5, 0.6) is 11.6 Å². The maximum absolute atomic E-state index is 6.05. The highest BCUT2D eigenvalue weighted by Crippen LogP contribution is 2.62. The van der Waals surface area contributed by atoms with E-state index in [9.17, 15) is 0 Å². The maximum Gasteiger partial charge on any atom is 0.216 e. The van der Waals surface area contributed by atoms with E-state index in [-0.39, 0.29) is 10.8 Å². The molecule has 0 N–H and O–H groups in total. The Bertz CT molecular complexity index is 722. The minimum Gasteiger partial charge on any atom is -0.493 e. The van der Waals surface area contributed by atoms with E-state index < -0.39 is 0 Å². The standard InChI is InChI=1S/C23H33NO4/c1-16-5-6-19-22(2,10-7-20-23(19,3)14-26-15-28-20)18(16)9-12-27-17-8-11-24-21(13-17)25-4/h8,11,13,18-20H,1,5-7,9-10,12,14-15H2,2-4H3/t18?,19?,20?,22?,23-/m0/s1. The van der Waals surface area contributed by atoms with Gasteiger partial charge in [-0.2, -0.15) is 0 Å². The van der Waals surface area contributed by atoms with Crippen LogP contribution in [0.3, 0.4) is 0 Å². The molecule has 3 fully saturated rings. The molecule has 5 heteroatoms. The van der Waals surface area contributed by atoms with Gasteiger partial charge in [-0.3, -0.25) is 0 Å². The van der Waals surface area contributed by atoms with Crippen molar-refractivity contribution >= 4 is 0 Å². The van der Waals surface area contributed by atoms with Crippen molar-refractivity contribution in [3.8, 4) is 11.6 Å². The SMILES string of the molecule is C=C1CCC2C(C)(CCC3OCOC[C@]32C)C1CCOc1ccnc(OC)c1. The van der Waals surface area contributed by atoms with Crippen LogP contribution in [0.25, 0.3) is 0 Å². The molecule has 1 aromatic heterocycles. The number of fused-ring (bicyclic) bond motifs is 3. The predicted octanol–water partition coefficient (Wildman–Crippen LogP) is 4.62. The molecule has 154 valence electrons. The van der Waals surface area contributed by atoms with E-state index in [1.165, 1.54) is 18.4 Å². The first-order chi connectivity index (χ1) is 13.5. The number of methoxy groups -OCH3 is 1. The van der Waals surface area contributed by atoms with Crippen molar-refractivity contribution in [3.05, 3.63) is 30.5 Å². The van der Waals surface area contributed by atoms with Crippen molar-refractivity contribution in [3.63, 3.8) is 0 Å². The third-order valence-electron chi connectivity index (χ3n) is 7.67. The third-order valence-corrected chi connectivity index (χ3v) is 7.67. The molecule has 3 aliphatic rings. The van der Waals surface area contributed by atoms with Crippen LogP contribution in [0.2, 0.25) is 0 Å². The van der Waals surface area contributed by atoms with Crippen molar-refractivity contribution < 1.29 is 18.9 Å². The van der Waals surface area contributed by atoms with E-state index in [2.05, 4.69) is 25.4 Å². The van der Waals surface area contributed by atoms with Gasteiger partial charge in [0.1, 0.15) is 12.5 Å². The largest absolute Gasteiger partial charge is 0.493 e. The van der Waals surface area contributed by atoms with E-state index in [1.807, 2.05) is 12.1 Å². The summed E-state index contributed by atoms with van der Waals surface area (Å²) in [5, 5.41) is 0. The lowest BCUT2D eigenvalue weighted by molar-refractivity contribution is -0.260. The van der Waals surface area contributed by atoms with Gasteiger partial charge in [0, 0.05) is 17.7 Å². The predicted molar refractivity (Wildman–Crippen MR) is 107 cm³/mol. The molecule has 0 radical (unpaired) electrons. The monoisotopic (exact) mass is 387 g/mol. The number of pyridine rings is 1. The second-order valence-corrected chi connectivity index (χ2v) is 9.15. The first-order valence-corrected chi connectivity index (χ1v) is 10.5. The van der Waals surface area contributed by atoms with E-state index in [0.29, 0.717) is 37.2 Å². The molecule has 5 atom stereocenters. The first kappa shape index (κ1) is 19.7. The molecule has 2 saturated carbocycles. The summed E-state index contributed by atoms with van der Waals surface area (Å²) in [6, 6.07) is 3.72. The highest BCUT2D eigenvalue weighted by Gasteiger charge is 2.59. The molecule has 2 heterocycles. The summed E-state index contributed by atoms with van der Waals surface area (Å²) in [7, 11) is 1.62. The van der Waals surface area contributed by atoms with Crippen LogP contribution in [-0.4, -0.2) is 38.2 Å². The zero-order valence-corrected chi connectivity index (χ0v) is 17.4. The number of allylic oxidation sites excluding steroid dienone is 1. The lowest BCUT2D eigenvalue weighted by atomic mass is 9.46. The van der Waals surface area contributed by atoms with E-state index in [0.717, 1.165) is 31.6 Å². The smallest absolute Gasteiger partial charge is 0.216 e. The number of rotatable bonds is 5. The minimum atomic E-state index is 0.101. The molecule has 5 nitrogen and oxygen atoms in total. The molecular formula is C23H33NO4. The summed E-state index contributed by atoms with van der Waals surface area (Å²) < 4.78 is 23.0. The molecule has 0 amide bonds. The van der Waals surface area contributed by atoms with Gasteiger partial charge in [0.2, 0.25) is 5.88 Å². The van der Waals surface area contributed by atoms with Crippen LogP contribution in [0, 0.1) is 22.7 Å². The molecule has 0 aromatic carbocycles. The minimum absolute atomic E-state index is 0.101. The Morgan fingerprint density at radius 3 is 2.96 bits per heavy atom. The fourth-order valence-corrected chi connectivity index (χ4v) is 6.25. The van der Waals surface area contributed by atoms with Crippen molar-refractivity contribution in [2.45, 2.75) is 52.1 Å². The Morgan fingerprint density at radius 2 is 2.14 bits per heavy atom. The quantitative estimate of drug-likeness (QED) is 0.690. The molecular weight excluding hydrogens is 354 g/mol. The molecule has 28 heavy (non-hydrogen) atoms. The molecule has 4 rings (SSSR count). The lowest BCUT2D eigenvalue weighted by Gasteiger charge is -2.62. The van der Waals surface area contributed by atoms with Gasteiger partial charge in [0.25, 0.3) is 0 Å². The third kappa shape index (κ3) is 3.33. The zero-order chi connectivity index (χ0) is 19.8. The molecule has 1 aromatic rings. The fraction of sp³-hybridized carbons (Fsp3) is 0.696. The van der Waals surface area contributed by atoms with Crippen LogP contribution in [-0.2, 0) is 9.47 Å². The first-order valence-electron chi connectivity index (χ1n) is 10.5.